The maximum Gasteiger partial charge on any atom is 0.252 e. The molecule has 3 nitrogen and oxygen atoms in total. The summed E-state index contributed by atoms with van der Waals surface area (Å²) in [6.45, 7) is 0. The van der Waals surface area contributed by atoms with Gasteiger partial charge in [0.25, 0.3) is 5.56 Å². The second kappa shape index (κ2) is 4.67. The van der Waals surface area contributed by atoms with Crippen molar-refractivity contribution in [1.82, 2.24) is 9.97 Å². The number of nitrogens with zero attached hydrogens (tertiary/aromatic N) is 1. The van der Waals surface area contributed by atoms with Gasteiger partial charge in [0.2, 0.25) is 0 Å². The molecule has 0 aliphatic heterocycles. The summed E-state index contributed by atoms with van der Waals surface area (Å²) < 4.78 is 27.0. The summed E-state index contributed by atoms with van der Waals surface area (Å²) in [5, 5.41) is 0.315. The number of thioether (sulfide) groups is 1. The largest absolute Gasteiger partial charge is 0.301 e. The fourth-order valence-corrected chi connectivity index (χ4v) is 1.79. The van der Waals surface area contributed by atoms with Crippen LogP contribution in [0.2, 0.25) is 0 Å². The highest BCUT2D eigenvalue weighted by molar-refractivity contribution is 7.98. The summed E-state index contributed by atoms with van der Waals surface area (Å²) in [4.78, 5) is 17.7. The van der Waals surface area contributed by atoms with Gasteiger partial charge < -0.3 is 4.98 Å². The molecule has 1 heterocycles. The fraction of sp³-hybridized carbons (Fsp3) is 0.0909. The van der Waals surface area contributed by atoms with Gasteiger partial charge in [0, 0.05) is 6.07 Å². The van der Waals surface area contributed by atoms with Gasteiger partial charge in [-0.05, 0) is 18.4 Å². The van der Waals surface area contributed by atoms with Crippen molar-refractivity contribution in [3.05, 3.63) is 46.3 Å². The highest BCUT2D eigenvalue weighted by atomic mass is 32.2. The first kappa shape index (κ1) is 11.8. The molecule has 1 aromatic carbocycles. The van der Waals surface area contributed by atoms with Crippen molar-refractivity contribution in [2.24, 2.45) is 0 Å². The van der Waals surface area contributed by atoms with Crippen LogP contribution in [0.15, 0.2) is 34.2 Å². The Morgan fingerprint density at radius 3 is 2.53 bits per heavy atom. The van der Waals surface area contributed by atoms with Gasteiger partial charge in [-0.3, -0.25) is 4.79 Å². The first-order valence-corrected chi connectivity index (χ1v) is 5.94. The van der Waals surface area contributed by atoms with Crippen molar-refractivity contribution in [2.45, 2.75) is 5.16 Å². The van der Waals surface area contributed by atoms with Crippen molar-refractivity contribution < 1.29 is 8.78 Å². The lowest BCUT2D eigenvalue weighted by Crippen LogP contribution is -2.08. The van der Waals surface area contributed by atoms with Crippen LogP contribution in [0.5, 0.6) is 0 Å². The predicted molar refractivity (Wildman–Crippen MR) is 62.0 cm³/mol. The summed E-state index contributed by atoms with van der Waals surface area (Å²) in [6, 6.07) is 4.58. The molecule has 0 amide bonds. The number of halogens is 2. The predicted octanol–water partition coefficient (Wildman–Crippen LogP) is 2.44. The number of hydrogen-bond donors (Lipinski definition) is 1. The van der Waals surface area contributed by atoms with E-state index in [-0.39, 0.29) is 11.3 Å². The van der Waals surface area contributed by atoms with E-state index < -0.39 is 17.2 Å². The molecule has 0 bridgehead atoms. The van der Waals surface area contributed by atoms with E-state index in [1.165, 1.54) is 17.8 Å². The van der Waals surface area contributed by atoms with Gasteiger partial charge in [-0.25, -0.2) is 13.8 Å². The lowest BCUT2D eigenvalue weighted by atomic mass is 10.1. The smallest absolute Gasteiger partial charge is 0.252 e. The second-order valence-electron chi connectivity index (χ2n) is 3.24. The van der Waals surface area contributed by atoms with Gasteiger partial charge in [-0.15, -0.1) is 0 Å². The SMILES string of the molecule is CSc1nc(-c2c(F)cccc2F)cc(=O)[nH]1. The van der Waals surface area contributed by atoms with E-state index in [1.807, 2.05) is 0 Å². The molecule has 0 saturated carbocycles. The molecule has 1 aromatic heterocycles. The third kappa shape index (κ3) is 2.36. The van der Waals surface area contributed by atoms with Crippen molar-refractivity contribution in [2.75, 3.05) is 6.26 Å². The Balaban J connectivity index is 2.68. The average Bonchev–Trinajstić information content (AvgIpc) is 2.28. The lowest BCUT2D eigenvalue weighted by molar-refractivity contribution is 0.588. The van der Waals surface area contributed by atoms with Gasteiger partial charge in [0.1, 0.15) is 11.6 Å². The Hall–Kier alpha value is -1.69. The van der Waals surface area contributed by atoms with Gasteiger partial charge >= 0.3 is 0 Å². The van der Waals surface area contributed by atoms with E-state index in [0.29, 0.717) is 5.16 Å². The van der Waals surface area contributed by atoms with Crippen LogP contribution in [-0.2, 0) is 0 Å². The lowest BCUT2D eigenvalue weighted by Gasteiger charge is -2.04. The number of rotatable bonds is 2. The molecule has 17 heavy (non-hydrogen) atoms. The minimum atomic E-state index is -0.741. The third-order valence-corrected chi connectivity index (χ3v) is 2.71. The monoisotopic (exact) mass is 254 g/mol. The summed E-state index contributed by atoms with van der Waals surface area (Å²) in [6.07, 6.45) is 1.71. The normalized spacial score (nSPS) is 10.5. The van der Waals surface area contributed by atoms with E-state index in [4.69, 9.17) is 0 Å². The fourth-order valence-electron chi connectivity index (χ4n) is 1.40. The van der Waals surface area contributed by atoms with E-state index in [9.17, 15) is 13.6 Å². The maximum atomic E-state index is 13.5. The molecule has 0 aliphatic carbocycles. The van der Waals surface area contributed by atoms with Crippen LogP contribution >= 0.6 is 11.8 Å². The Bertz CT molecular complexity index is 592. The van der Waals surface area contributed by atoms with Crippen LogP contribution in [0.1, 0.15) is 0 Å². The average molecular weight is 254 g/mol. The summed E-state index contributed by atoms with van der Waals surface area (Å²) in [5.74, 6) is -1.48. The molecule has 0 radical (unpaired) electrons. The second-order valence-corrected chi connectivity index (χ2v) is 4.03. The van der Waals surface area contributed by atoms with Crippen LogP contribution < -0.4 is 5.56 Å². The number of nitrogens with one attached hydrogen (secondary N) is 1. The number of aromatic nitrogens is 2. The first-order valence-electron chi connectivity index (χ1n) is 4.71. The number of H-pyrrole nitrogens is 1. The van der Waals surface area contributed by atoms with Crippen LogP contribution in [0.4, 0.5) is 8.78 Å². The molecule has 0 saturated heterocycles. The van der Waals surface area contributed by atoms with Gasteiger partial charge in [-0.1, -0.05) is 17.8 Å². The molecule has 0 fully saturated rings. The van der Waals surface area contributed by atoms with Crippen LogP contribution in [0, 0.1) is 11.6 Å². The van der Waals surface area contributed by atoms with Gasteiger partial charge in [0.15, 0.2) is 5.16 Å². The molecule has 88 valence electrons. The molecule has 0 spiro atoms. The number of benzene rings is 1. The zero-order valence-corrected chi connectivity index (χ0v) is 9.65. The van der Waals surface area contributed by atoms with Crippen LogP contribution in [-0.4, -0.2) is 16.2 Å². The molecule has 2 rings (SSSR count). The molecule has 2 aromatic rings. The number of hydrogen-bond acceptors (Lipinski definition) is 3. The molecular weight excluding hydrogens is 246 g/mol. The molecule has 0 aliphatic rings. The van der Waals surface area contributed by atoms with Gasteiger partial charge in [-0.2, -0.15) is 0 Å². The topological polar surface area (TPSA) is 45.8 Å². The Kier molecular flexibility index (Phi) is 3.23. The molecule has 1 N–H and O–H groups in total. The van der Waals surface area contributed by atoms with Gasteiger partial charge in [0.05, 0.1) is 11.3 Å². The van der Waals surface area contributed by atoms with E-state index >= 15 is 0 Å². The Morgan fingerprint density at radius 1 is 1.29 bits per heavy atom. The summed E-state index contributed by atoms with van der Waals surface area (Å²) >= 11 is 1.19. The molecule has 0 atom stereocenters. The molecular formula is C11H8F2N2OS. The van der Waals surface area contributed by atoms with E-state index in [2.05, 4.69) is 9.97 Å². The van der Waals surface area contributed by atoms with Crippen LogP contribution in [0.25, 0.3) is 11.3 Å². The minimum Gasteiger partial charge on any atom is -0.301 e. The zero-order valence-electron chi connectivity index (χ0n) is 8.83. The quantitative estimate of drug-likeness (QED) is 0.661. The highest BCUT2D eigenvalue weighted by Crippen LogP contribution is 2.24. The van der Waals surface area contributed by atoms with Crippen molar-refractivity contribution in [1.29, 1.82) is 0 Å². The van der Waals surface area contributed by atoms with Crippen molar-refractivity contribution in [3.8, 4) is 11.3 Å². The Morgan fingerprint density at radius 2 is 1.94 bits per heavy atom. The Labute approximate surface area is 99.9 Å². The minimum absolute atomic E-state index is 0.00583. The standard InChI is InChI=1S/C11H8F2N2OS/c1-17-11-14-8(5-9(16)15-11)10-6(12)3-2-4-7(10)13/h2-5H,1H3,(H,14,15,16). The van der Waals surface area contributed by atoms with E-state index in [0.717, 1.165) is 18.2 Å². The highest BCUT2D eigenvalue weighted by Gasteiger charge is 2.13. The van der Waals surface area contributed by atoms with Crippen LogP contribution in [0.3, 0.4) is 0 Å². The third-order valence-electron chi connectivity index (χ3n) is 2.13. The van der Waals surface area contributed by atoms with Crippen molar-refractivity contribution in [3.63, 3.8) is 0 Å². The first-order chi connectivity index (χ1) is 8.11. The zero-order chi connectivity index (χ0) is 12.4. The molecule has 6 heteroatoms. The summed E-state index contributed by atoms with van der Waals surface area (Å²) in [5.41, 5.74) is -0.732. The van der Waals surface area contributed by atoms with E-state index in [1.54, 1.807) is 6.26 Å². The summed E-state index contributed by atoms with van der Waals surface area (Å²) in [7, 11) is 0. The molecule has 0 unspecified atom stereocenters. The maximum absolute atomic E-state index is 13.5. The van der Waals surface area contributed by atoms with Crippen molar-refractivity contribution >= 4 is 11.8 Å². The number of aromatic amines is 1.